The topological polar surface area (TPSA) is 52.6 Å². The van der Waals surface area contributed by atoms with Gasteiger partial charge in [0.2, 0.25) is 0 Å². The predicted octanol–water partition coefficient (Wildman–Crippen LogP) is 5.25. The lowest BCUT2D eigenvalue weighted by Gasteiger charge is -2.10. The van der Waals surface area contributed by atoms with Crippen LogP contribution in [0, 0.1) is 0 Å². The van der Waals surface area contributed by atoms with Crippen molar-refractivity contribution in [1.29, 1.82) is 0 Å². The monoisotopic (exact) mass is 420 g/mol. The highest BCUT2D eigenvalue weighted by molar-refractivity contribution is 5.99. The predicted molar refractivity (Wildman–Crippen MR) is 125 cm³/mol. The van der Waals surface area contributed by atoms with E-state index in [9.17, 15) is 9.59 Å². The summed E-state index contributed by atoms with van der Waals surface area (Å²) in [4.78, 5) is 24.6. The highest BCUT2D eigenvalue weighted by Crippen LogP contribution is 2.23. The van der Waals surface area contributed by atoms with Gasteiger partial charge in [-0.2, -0.15) is 0 Å². The average molecular weight is 421 g/mol. The Hall–Kier alpha value is -3.14. The van der Waals surface area contributed by atoms with E-state index in [-0.39, 0.29) is 18.0 Å². The van der Waals surface area contributed by atoms with Gasteiger partial charge in [-0.3, -0.25) is 9.59 Å². The van der Waals surface area contributed by atoms with Gasteiger partial charge in [0.15, 0.2) is 0 Å². The fourth-order valence-corrected chi connectivity index (χ4v) is 3.50. The molecule has 0 atom stereocenters. The molecule has 0 saturated heterocycles. The van der Waals surface area contributed by atoms with Crippen molar-refractivity contribution in [2.45, 2.75) is 44.9 Å². The van der Waals surface area contributed by atoms with Gasteiger partial charge in [0.25, 0.3) is 0 Å². The number of hydrogen-bond acceptors (Lipinski definition) is 4. The summed E-state index contributed by atoms with van der Waals surface area (Å²) in [5.74, 6) is 1.54. The fraction of sp³-hybridized carbons (Fsp3) is 0.333. The minimum Gasteiger partial charge on any atom is -0.496 e. The van der Waals surface area contributed by atoms with E-state index in [4.69, 9.17) is 9.47 Å². The van der Waals surface area contributed by atoms with Gasteiger partial charge in [-0.05, 0) is 60.1 Å². The highest BCUT2D eigenvalue weighted by Gasteiger charge is 2.12. The molecule has 2 aromatic rings. The molecule has 0 heterocycles. The minimum atomic E-state index is -0.0296. The van der Waals surface area contributed by atoms with Crippen LogP contribution in [0.3, 0.4) is 0 Å². The second kappa shape index (κ2) is 12.5. The van der Waals surface area contributed by atoms with Crippen LogP contribution in [0.4, 0.5) is 0 Å². The molecule has 0 bridgehead atoms. The van der Waals surface area contributed by atoms with Crippen molar-refractivity contribution in [3.8, 4) is 11.5 Å². The fourth-order valence-electron chi connectivity index (χ4n) is 3.50. The molecule has 0 aliphatic rings. The molecule has 0 unspecified atom stereocenters. The first-order valence-corrected chi connectivity index (χ1v) is 10.6. The lowest BCUT2D eigenvalue weighted by Crippen LogP contribution is -2.09. The van der Waals surface area contributed by atoms with Crippen LogP contribution in [0.5, 0.6) is 11.5 Å². The number of hydrogen-bond donors (Lipinski definition) is 0. The van der Waals surface area contributed by atoms with E-state index in [1.54, 1.807) is 14.2 Å². The van der Waals surface area contributed by atoms with Gasteiger partial charge in [-0.1, -0.05) is 36.4 Å². The molecule has 0 fully saturated rings. The van der Waals surface area contributed by atoms with Crippen molar-refractivity contribution >= 4 is 11.6 Å². The third-order valence-corrected chi connectivity index (χ3v) is 5.21. The normalized spacial score (nSPS) is 10.4. The van der Waals surface area contributed by atoms with E-state index in [0.717, 1.165) is 46.6 Å². The van der Waals surface area contributed by atoms with E-state index in [2.05, 4.69) is 13.2 Å². The number of carbonyl (C=O) groups is 2. The molecule has 0 radical (unpaired) electrons. The quantitative estimate of drug-likeness (QED) is 0.309. The zero-order valence-electron chi connectivity index (χ0n) is 18.6. The van der Waals surface area contributed by atoms with Crippen LogP contribution in [0.2, 0.25) is 0 Å². The molecule has 31 heavy (non-hydrogen) atoms. The Bertz CT molecular complexity index is 851. The number of ether oxygens (including phenoxy) is 2. The number of carbonyl (C=O) groups excluding carboxylic acids is 2. The van der Waals surface area contributed by atoms with Gasteiger partial charge in [-0.25, -0.2) is 0 Å². The first-order valence-electron chi connectivity index (χ1n) is 10.6. The summed E-state index contributed by atoms with van der Waals surface area (Å²) in [7, 11) is 3.27. The molecule has 4 nitrogen and oxygen atoms in total. The van der Waals surface area contributed by atoms with E-state index < -0.39 is 0 Å². The largest absolute Gasteiger partial charge is 0.496 e. The molecule has 0 N–H and O–H groups in total. The summed E-state index contributed by atoms with van der Waals surface area (Å²) >= 11 is 0. The van der Waals surface area contributed by atoms with Crippen molar-refractivity contribution in [3.05, 3.63) is 84.0 Å². The number of rotatable bonds is 14. The van der Waals surface area contributed by atoms with E-state index in [0.29, 0.717) is 25.7 Å². The maximum atomic E-state index is 12.3. The van der Waals surface area contributed by atoms with Crippen LogP contribution >= 0.6 is 0 Å². The maximum absolute atomic E-state index is 12.3. The third-order valence-electron chi connectivity index (χ3n) is 5.21. The maximum Gasteiger partial charge on any atom is 0.140 e. The van der Waals surface area contributed by atoms with E-state index in [1.165, 1.54) is 0 Å². The Kier molecular flexibility index (Phi) is 9.76. The SMILES string of the molecule is C=CCc1ccc(CCC(=O)CC(=O)CCc2ccc(CC=C)c(OC)c2)cc1OC. The third kappa shape index (κ3) is 7.56. The zero-order chi connectivity index (χ0) is 22.6. The number of aryl methyl sites for hydroxylation is 2. The number of allylic oxidation sites excluding steroid dienone is 2. The van der Waals surface area contributed by atoms with E-state index >= 15 is 0 Å². The Balaban J connectivity index is 1.83. The number of methoxy groups -OCH3 is 2. The molecule has 4 heteroatoms. The first kappa shape index (κ1) is 24.1. The molecular formula is C27H32O4. The van der Waals surface area contributed by atoms with Gasteiger partial charge in [0.05, 0.1) is 20.6 Å². The van der Waals surface area contributed by atoms with Crippen molar-refractivity contribution in [2.75, 3.05) is 14.2 Å². The summed E-state index contributed by atoms with van der Waals surface area (Å²) < 4.78 is 10.8. The molecule has 0 aliphatic heterocycles. The van der Waals surface area contributed by atoms with Gasteiger partial charge in [-0.15, -0.1) is 13.2 Å². The number of Topliss-reactive ketones (excluding diaryl/α,β-unsaturated/α-hetero) is 2. The van der Waals surface area contributed by atoms with Crippen molar-refractivity contribution in [2.24, 2.45) is 0 Å². The smallest absolute Gasteiger partial charge is 0.140 e. The highest BCUT2D eigenvalue weighted by atomic mass is 16.5. The van der Waals surface area contributed by atoms with Crippen LogP contribution in [0.1, 0.15) is 41.5 Å². The summed E-state index contributed by atoms with van der Waals surface area (Å²) in [6, 6.07) is 11.9. The summed E-state index contributed by atoms with van der Waals surface area (Å²) in [6.45, 7) is 7.51. The summed E-state index contributed by atoms with van der Waals surface area (Å²) in [6.07, 6.45) is 7.00. The van der Waals surface area contributed by atoms with Gasteiger partial charge in [0, 0.05) is 12.8 Å². The van der Waals surface area contributed by atoms with E-state index in [1.807, 2.05) is 48.6 Å². The molecule has 0 saturated carbocycles. The van der Waals surface area contributed by atoms with Crippen LogP contribution in [0.15, 0.2) is 61.7 Å². The lowest BCUT2D eigenvalue weighted by atomic mass is 9.99. The minimum absolute atomic E-state index is 0.0165. The molecular weight excluding hydrogens is 388 g/mol. The van der Waals surface area contributed by atoms with Gasteiger partial charge >= 0.3 is 0 Å². The summed E-state index contributed by atoms with van der Waals surface area (Å²) in [5.41, 5.74) is 4.18. The molecule has 164 valence electrons. The lowest BCUT2D eigenvalue weighted by molar-refractivity contribution is -0.126. The summed E-state index contributed by atoms with van der Waals surface area (Å²) in [5, 5.41) is 0. The molecule has 0 aliphatic carbocycles. The van der Waals surface area contributed by atoms with Crippen molar-refractivity contribution < 1.29 is 19.1 Å². The Morgan fingerprint density at radius 1 is 0.774 bits per heavy atom. The average Bonchev–Trinajstić information content (AvgIpc) is 2.78. The number of ketones is 2. The van der Waals surface area contributed by atoms with Crippen LogP contribution in [-0.2, 0) is 35.3 Å². The van der Waals surface area contributed by atoms with Crippen molar-refractivity contribution in [3.63, 3.8) is 0 Å². The molecule has 2 rings (SSSR count). The molecule has 0 spiro atoms. The molecule has 2 aromatic carbocycles. The van der Waals surface area contributed by atoms with Crippen LogP contribution < -0.4 is 9.47 Å². The molecule has 0 aromatic heterocycles. The zero-order valence-corrected chi connectivity index (χ0v) is 18.6. The Morgan fingerprint density at radius 2 is 1.19 bits per heavy atom. The number of benzene rings is 2. The van der Waals surface area contributed by atoms with Crippen LogP contribution in [-0.4, -0.2) is 25.8 Å². The van der Waals surface area contributed by atoms with Gasteiger partial charge < -0.3 is 9.47 Å². The molecule has 0 amide bonds. The first-order chi connectivity index (χ1) is 15.0. The Labute approximate surface area is 185 Å². The van der Waals surface area contributed by atoms with Gasteiger partial charge in [0.1, 0.15) is 23.1 Å². The second-order valence-corrected chi connectivity index (χ2v) is 7.53. The standard InChI is InChI=1S/C27H32O4/c1-5-7-22-13-9-20(17-26(22)30-3)11-15-24(28)19-25(29)16-12-21-10-14-23(8-6-2)27(18-21)31-4/h5-6,9-10,13-14,17-18H,1-2,7-8,11-12,15-16,19H2,3-4H3. The van der Waals surface area contributed by atoms with Crippen molar-refractivity contribution in [1.82, 2.24) is 0 Å². The Morgan fingerprint density at radius 3 is 1.55 bits per heavy atom. The van der Waals surface area contributed by atoms with Crippen LogP contribution in [0.25, 0.3) is 0 Å². The second-order valence-electron chi connectivity index (χ2n) is 7.53.